The first-order valence-corrected chi connectivity index (χ1v) is 16.0. The van der Waals surface area contributed by atoms with Crippen LogP contribution in [0.4, 0.5) is 11.4 Å². The lowest BCUT2D eigenvalue weighted by molar-refractivity contribution is 0.0374. The average molecular weight is 636 g/mol. The highest BCUT2D eigenvalue weighted by Crippen LogP contribution is 2.35. The zero-order chi connectivity index (χ0) is 30.5. The summed E-state index contributed by atoms with van der Waals surface area (Å²) in [5.41, 5.74) is 0.140. The SMILES string of the molecule is C=CC(N1CCOCC1)S(=O)(=O)c1ccc(NC(=O)c2cc(OC)c(OC)cc2NS(=O)(=O)c2ccc(Cl)cc2)cc1. The molecule has 0 saturated carbocycles. The number of carbonyl (C=O) groups is 1. The smallest absolute Gasteiger partial charge is 0.261 e. The lowest BCUT2D eigenvalue weighted by atomic mass is 10.1. The number of methoxy groups -OCH3 is 2. The number of sulfone groups is 1. The van der Waals surface area contributed by atoms with Crippen molar-refractivity contribution in [3.05, 3.63) is 83.9 Å². The zero-order valence-corrected chi connectivity index (χ0v) is 25.3. The number of ether oxygens (including phenoxy) is 3. The van der Waals surface area contributed by atoms with Gasteiger partial charge in [0.15, 0.2) is 21.3 Å². The molecule has 1 aliphatic rings. The minimum atomic E-state index is -4.12. The molecule has 1 heterocycles. The van der Waals surface area contributed by atoms with E-state index in [-0.39, 0.29) is 38.2 Å². The van der Waals surface area contributed by atoms with Crippen molar-refractivity contribution in [1.29, 1.82) is 0 Å². The van der Waals surface area contributed by atoms with Crippen molar-refractivity contribution in [1.82, 2.24) is 4.90 Å². The van der Waals surface area contributed by atoms with Crippen LogP contribution in [-0.4, -0.2) is 73.5 Å². The molecule has 1 fully saturated rings. The van der Waals surface area contributed by atoms with Gasteiger partial charge in [-0.15, -0.1) is 6.58 Å². The molecule has 4 rings (SSSR count). The third-order valence-electron chi connectivity index (χ3n) is 6.50. The Kier molecular flexibility index (Phi) is 9.79. The van der Waals surface area contributed by atoms with E-state index in [1.54, 1.807) is 4.90 Å². The molecule has 3 aromatic carbocycles. The monoisotopic (exact) mass is 635 g/mol. The molecule has 0 spiro atoms. The Balaban J connectivity index is 1.61. The molecule has 1 atom stereocenters. The first-order chi connectivity index (χ1) is 20.0. The van der Waals surface area contributed by atoms with Gasteiger partial charge in [-0.2, -0.15) is 0 Å². The van der Waals surface area contributed by atoms with Crippen molar-refractivity contribution in [3.8, 4) is 11.5 Å². The van der Waals surface area contributed by atoms with E-state index in [1.807, 2.05) is 0 Å². The third-order valence-corrected chi connectivity index (χ3v) is 10.2. The van der Waals surface area contributed by atoms with Gasteiger partial charge in [0.25, 0.3) is 15.9 Å². The van der Waals surface area contributed by atoms with Gasteiger partial charge in [-0.3, -0.25) is 14.4 Å². The van der Waals surface area contributed by atoms with E-state index in [0.29, 0.717) is 31.3 Å². The summed E-state index contributed by atoms with van der Waals surface area (Å²) in [4.78, 5) is 15.2. The van der Waals surface area contributed by atoms with Crippen LogP contribution in [0.3, 0.4) is 0 Å². The Bertz CT molecular complexity index is 1660. The van der Waals surface area contributed by atoms with E-state index in [4.69, 9.17) is 25.8 Å². The van der Waals surface area contributed by atoms with Crippen molar-refractivity contribution >= 4 is 48.7 Å². The quantitative estimate of drug-likeness (QED) is 0.299. The predicted octanol–water partition coefficient (Wildman–Crippen LogP) is 4.03. The van der Waals surface area contributed by atoms with Gasteiger partial charge < -0.3 is 19.5 Å². The minimum Gasteiger partial charge on any atom is -0.493 e. The molecule has 0 aliphatic carbocycles. The van der Waals surface area contributed by atoms with Gasteiger partial charge >= 0.3 is 0 Å². The normalized spacial score (nSPS) is 14.9. The van der Waals surface area contributed by atoms with E-state index in [9.17, 15) is 21.6 Å². The number of anilines is 2. The summed E-state index contributed by atoms with van der Waals surface area (Å²) >= 11 is 5.89. The second-order valence-electron chi connectivity index (χ2n) is 9.11. The molecule has 1 saturated heterocycles. The molecule has 0 radical (unpaired) electrons. The third kappa shape index (κ3) is 6.88. The van der Waals surface area contributed by atoms with Crippen LogP contribution in [0.15, 0.2) is 83.1 Å². The molecule has 1 unspecified atom stereocenters. The van der Waals surface area contributed by atoms with Crippen molar-refractivity contribution < 1.29 is 35.8 Å². The second kappa shape index (κ2) is 13.1. The fraction of sp³-hybridized carbons (Fsp3) is 0.250. The summed E-state index contributed by atoms with van der Waals surface area (Å²) in [6.45, 7) is 5.48. The highest BCUT2D eigenvalue weighted by molar-refractivity contribution is 7.92. The molecule has 1 aliphatic heterocycles. The fourth-order valence-electron chi connectivity index (χ4n) is 4.34. The Hall–Kier alpha value is -3.62. The Morgan fingerprint density at radius 3 is 2.10 bits per heavy atom. The van der Waals surface area contributed by atoms with Gasteiger partial charge in [-0.05, 0) is 54.6 Å². The molecule has 3 aromatic rings. The summed E-state index contributed by atoms with van der Waals surface area (Å²) in [5.74, 6) is -0.302. The number of sulfonamides is 1. The van der Waals surface area contributed by atoms with Crippen molar-refractivity contribution in [2.24, 2.45) is 0 Å². The first-order valence-electron chi connectivity index (χ1n) is 12.6. The van der Waals surface area contributed by atoms with E-state index >= 15 is 0 Å². The van der Waals surface area contributed by atoms with Gasteiger partial charge in [0.2, 0.25) is 0 Å². The molecule has 14 heteroatoms. The van der Waals surface area contributed by atoms with E-state index in [2.05, 4.69) is 16.6 Å². The van der Waals surface area contributed by atoms with Crippen LogP contribution in [0.2, 0.25) is 5.02 Å². The summed E-state index contributed by atoms with van der Waals surface area (Å²) < 4.78 is 71.2. The van der Waals surface area contributed by atoms with Crippen LogP contribution in [0.5, 0.6) is 11.5 Å². The Morgan fingerprint density at radius 1 is 0.952 bits per heavy atom. The molecular formula is C28H30ClN3O8S2. The predicted molar refractivity (Wildman–Crippen MR) is 160 cm³/mol. The molecule has 0 bridgehead atoms. The summed E-state index contributed by atoms with van der Waals surface area (Å²) in [7, 11) is -5.16. The van der Waals surface area contributed by atoms with Crippen LogP contribution < -0.4 is 19.5 Å². The molecular weight excluding hydrogens is 606 g/mol. The number of halogens is 1. The summed E-state index contributed by atoms with van der Waals surface area (Å²) in [6, 6.07) is 13.9. The molecule has 11 nitrogen and oxygen atoms in total. The van der Waals surface area contributed by atoms with Crippen LogP contribution in [0, 0.1) is 0 Å². The molecule has 2 N–H and O–H groups in total. The number of rotatable bonds is 11. The standard InChI is InChI=1S/C28H30ClN3O8S2/c1-4-27(32-13-15-40-16-14-32)41(34,35)21-11-7-20(8-12-21)30-28(33)23-17-25(38-2)26(39-3)18-24(23)31-42(36,37)22-9-5-19(29)6-10-22/h4-12,17-18,27,31H,1,13-16H2,2-3H3,(H,30,33). The van der Waals surface area contributed by atoms with Crippen molar-refractivity contribution in [2.75, 3.05) is 50.6 Å². The second-order valence-corrected chi connectivity index (χ2v) is 13.3. The minimum absolute atomic E-state index is 0.0550. The van der Waals surface area contributed by atoms with Crippen LogP contribution in [0.25, 0.3) is 0 Å². The van der Waals surface area contributed by atoms with Crippen molar-refractivity contribution in [2.45, 2.75) is 15.2 Å². The highest BCUT2D eigenvalue weighted by atomic mass is 35.5. The summed E-state index contributed by atoms with van der Waals surface area (Å²) in [6.07, 6.45) is 1.39. The number of morpholine rings is 1. The number of nitrogens with zero attached hydrogens (tertiary/aromatic N) is 1. The number of carbonyl (C=O) groups excluding carboxylic acids is 1. The van der Waals surface area contributed by atoms with E-state index in [1.165, 1.54) is 81.0 Å². The molecule has 224 valence electrons. The largest absolute Gasteiger partial charge is 0.493 e. The molecule has 1 amide bonds. The number of hydrogen-bond acceptors (Lipinski definition) is 9. The zero-order valence-electron chi connectivity index (χ0n) is 22.9. The van der Waals surface area contributed by atoms with Gasteiger partial charge in [0.1, 0.15) is 5.37 Å². The van der Waals surface area contributed by atoms with E-state index in [0.717, 1.165) is 0 Å². The van der Waals surface area contributed by atoms with Crippen molar-refractivity contribution in [3.63, 3.8) is 0 Å². The Morgan fingerprint density at radius 2 is 1.52 bits per heavy atom. The van der Waals surface area contributed by atoms with Crippen LogP contribution in [-0.2, 0) is 24.6 Å². The lowest BCUT2D eigenvalue weighted by Gasteiger charge is -2.32. The Labute approximate surface area is 250 Å². The number of amides is 1. The summed E-state index contributed by atoms with van der Waals surface area (Å²) in [5, 5.41) is 2.11. The maximum Gasteiger partial charge on any atom is 0.261 e. The topological polar surface area (TPSA) is 140 Å². The lowest BCUT2D eigenvalue weighted by Crippen LogP contribution is -2.46. The van der Waals surface area contributed by atoms with Gasteiger partial charge in [-0.25, -0.2) is 16.8 Å². The number of benzene rings is 3. The van der Waals surface area contributed by atoms with E-state index < -0.39 is 31.1 Å². The fourth-order valence-corrected chi connectivity index (χ4v) is 7.19. The van der Waals surface area contributed by atoms with Gasteiger partial charge in [0.05, 0.1) is 48.5 Å². The number of nitrogens with one attached hydrogen (secondary N) is 2. The highest BCUT2D eigenvalue weighted by Gasteiger charge is 2.31. The van der Waals surface area contributed by atoms with Crippen LogP contribution >= 0.6 is 11.6 Å². The first kappa shape index (κ1) is 31.3. The molecule has 0 aromatic heterocycles. The average Bonchev–Trinajstić information content (AvgIpc) is 2.98. The van der Waals surface area contributed by atoms with Crippen LogP contribution in [0.1, 0.15) is 10.4 Å². The van der Waals surface area contributed by atoms with Gasteiger partial charge in [-0.1, -0.05) is 17.7 Å². The maximum atomic E-state index is 13.4. The maximum absolute atomic E-state index is 13.4. The van der Waals surface area contributed by atoms with Gasteiger partial charge in [0, 0.05) is 29.9 Å². The molecule has 42 heavy (non-hydrogen) atoms. The number of hydrogen-bond donors (Lipinski definition) is 2.